The predicted molar refractivity (Wildman–Crippen MR) is 199 cm³/mol. The highest BCUT2D eigenvalue weighted by Crippen LogP contribution is 2.59. The van der Waals surface area contributed by atoms with Crippen molar-refractivity contribution in [1.82, 2.24) is 14.5 Å². The molecule has 0 radical (unpaired) electrons. The summed E-state index contributed by atoms with van der Waals surface area (Å²) in [5, 5.41) is 5.11. The van der Waals surface area contributed by atoms with E-state index >= 15 is 0 Å². The predicted octanol–water partition coefficient (Wildman–Crippen LogP) is 11.5. The number of para-hydroxylation sites is 2. The Morgan fingerprint density at radius 2 is 1.17 bits per heavy atom. The molecule has 0 atom stereocenters. The number of hydrogen-bond donors (Lipinski definition) is 0. The summed E-state index contributed by atoms with van der Waals surface area (Å²) in [6, 6.07) is 50.6. The van der Waals surface area contributed by atoms with Gasteiger partial charge in [-0.15, -0.1) is 0 Å². The van der Waals surface area contributed by atoms with Crippen LogP contribution < -0.4 is 0 Å². The number of fused-ring (bicyclic) bond motifs is 8. The molecule has 0 unspecified atom stereocenters. The van der Waals surface area contributed by atoms with Gasteiger partial charge >= 0.3 is 0 Å². The van der Waals surface area contributed by atoms with Crippen LogP contribution in [-0.2, 0) is 5.41 Å². The molecule has 0 bridgehead atoms. The average Bonchev–Trinajstić information content (AvgIpc) is 3.53. The van der Waals surface area contributed by atoms with Crippen LogP contribution in [0.1, 0.15) is 25.0 Å². The first-order valence-corrected chi connectivity index (χ1v) is 16.7. The van der Waals surface area contributed by atoms with Crippen LogP contribution in [-0.4, -0.2) is 14.5 Å². The lowest BCUT2D eigenvalue weighted by atomic mass is 9.81. The Balaban J connectivity index is 1.43. The highest BCUT2D eigenvalue weighted by atomic mass is 15.1. The first-order valence-electron chi connectivity index (χ1n) is 16.7. The summed E-state index contributed by atoms with van der Waals surface area (Å²) < 4.78 is 2.42. The van der Waals surface area contributed by atoms with Crippen LogP contribution in [0.5, 0.6) is 0 Å². The molecule has 9 aromatic rings. The molecule has 7 aromatic carbocycles. The van der Waals surface area contributed by atoms with Crippen molar-refractivity contribution < 1.29 is 0 Å². The lowest BCUT2D eigenvalue weighted by Crippen LogP contribution is -2.15. The summed E-state index contributed by atoms with van der Waals surface area (Å²) in [5.41, 5.74) is 16.4. The Kier molecular flexibility index (Phi) is 4.91. The Morgan fingerprint density at radius 3 is 2.00 bits per heavy atom. The minimum atomic E-state index is -0.182. The van der Waals surface area contributed by atoms with Gasteiger partial charge in [0.25, 0.3) is 0 Å². The smallest absolute Gasteiger partial charge is 0.165 e. The molecule has 2 aliphatic rings. The molecule has 0 aliphatic heterocycles. The van der Waals surface area contributed by atoms with Gasteiger partial charge in [-0.1, -0.05) is 129 Å². The number of nitrogens with zero attached hydrogens (tertiary/aromatic N) is 3. The van der Waals surface area contributed by atoms with E-state index in [0.717, 1.165) is 33.6 Å². The Bertz CT molecular complexity index is 2860. The summed E-state index contributed by atoms with van der Waals surface area (Å²) in [6.45, 7) is 4.76. The van der Waals surface area contributed by atoms with Crippen molar-refractivity contribution in [3.63, 3.8) is 0 Å². The molecule has 0 fully saturated rings. The molecule has 11 rings (SSSR count). The number of rotatable bonds is 2. The van der Waals surface area contributed by atoms with Gasteiger partial charge in [-0.25, -0.2) is 9.97 Å². The van der Waals surface area contributed by atoms with Crippen LogP contribution in [0, 0.1) is 0 Å². The van der Waals surface area contributed by atoms with Gasteiger partial charge in [0.05, 0.1) is 22.1 Å². The SMILES string of the molecule is CC1(C)c2ccccc2-c2c1cc1c3c2-c2ccccc2-c2cccc4ccc(c3c24)n1-c1nc2ccccc2nc1-c1ccccc1. The molecule has 224 valence electrons. The van der Waals surface area contributed by atoms with Crippen molar-refractivity contribution in [2.45, 2.75) is 19.3 Å². The molecule has 0 saturated carbocycles. The average molecular weight is 612 g/mol. The van der Waals surface area contributed by atoms with Crippen molar-refractivity contribution >= 4 is 43.6 Å². The molecule has 3 heteroatoms. The minimum absolute atomic E-state index is 0.182. The summed E-state index contributed by atoms with van der Waals surface area (Å²) in [4.78, 5) is 10.8. The quantitative estimate of drug-likeness (QED) is 0.195. The molecule has 0 amide bonds. The van der Waals surface area contributed by atoms with E-state index in [1.807, 2.05) is 6.07 Å². The zero-order chi connectivity index (χ0) is 31.7. The first-order chi connectivity index (χ1) is 23.6. The maximum absolute atomic E-state index is 5.46. The largest absolute Gasteiger partial charge is 0.292 e. The summed E-state index contributed by atoms with van der Waals surface area (Å²) in [5.74, 6) is 0.852. The van der Waals surface area contributed by atoms with Crippen molar-refractivity contribution in [2.75, 3.05) is 0 Å². The zero-order valence-electron chi connectivity index (χ0n) is 26.6. The molecule has 2 heterocycles. The maximum Gasteiger partial charge on any atom is 0.165 e. The minimum Gasteiger partial charge on any atom is -0.292 e. The number of hydrogen-bond acceptors (Lipinski definition) is 2. The van der Waals surface area contributed by atoms with Gasteiger partial charge in [-0.2, -0.15) is 0 Å². The van der Waals surface area contributed by atoms with E-state index < -0.39 is 0 Å². The van der Waals surface area contributed by atoms with Crippen LogP contribution in [0.3, 0.4) is 0 Å². The third kappa shape index (κ3) is 3.18. The van der Waals surface area contributed by atoms with Gasteiger partial charge in [-0.3, -0.25) is 4.57 Å². The second kappa shape index (κ2) is 9.05. The maximum atomic E-state index is 5.46. The van der Waals surface area contributed by atoms with Crippen molar-refractivity contribution in [3.05, 3.63) is 151 Å². The monoisotopic (exact) mass is 611 g/mol. The van der Waals surface area contributed by atoms with Gasteiger partial charge in [0.1, 0.15) is 5.69 Å². The van der Waals surface area contributed by atoms with Gasteiger partial charge in [0, 0.05) is 27.3 Å². The van der Waals surface area contributed by atoms with Gasteiger partial charge < -0.3 is 0 Å². The van der Waals surface area contributed by atoms with Crippen LogP contribution in [0.25, 0.3) is 94.1 Å². The second-order valence-electron chi connectivity index (χ2n) is 13.7. The summed E-state index contributed by atoms with van der Waals surface area (Å²) in [6.07, 6.45) is 0. The van der Waals surface area contributed by atoms with Crippen LogP contribution >= 0.6 is 0 Å². The summed E-state index contributed by atoms with van der Waals surface area (Å²) in [7, 11) is 0. The first kappa shape index (κ1) is 26.1. The lowest BCUT2D eigenvalue weighted by Gasteiger charge is -2.23. The molecular weight excluding hydrogens is 583 g/mol. The van der Waals surface area contributed by atoms with E-state index in [2.05, 4.69) is 152 Å². The van der Waals surface area contributed by atoms with E-state index in [-0.39, 0.29) is 5.41 Å². The highest BCUT2D eigenvalue weighted by Gasteiger charge is 2.40. The van der Waals surface area contributed by atoms with E-state index in [9.17, 15) is 0 Å². The zero-order valence-corrected chi connectivity index (χ0v) is 26.6. The lowest BCUT2D eigenvalue weighted by molar-refractivity contribution is 0.661. The van der Waals surface area contributed by atoms with Crippen molar-refractivity contribution in [1.29, 1.82) is 0 Å². The molecule has 0 spiro atoms. The third-order valence-electron chi connectivity index (χ3n) is 10.9. The number of benzene rings is 7. The fourth-order valence-corrected chi connectivity index (χ4v) is 8.79. The standard InChI is InChI=1S/C45H29N3/c1-45(2)32-20-9-8-18-31(32)39-33(45)25-37-42-40(39)30-17-7-6-16-28(30)29-19-12-15-26-23-24-36(41(42)38(26)29)48(37)44-43(27-13-4-3-5-14-27)46-34-21-10-11-22-35(34)47-44/h3-25H,1-2H3. The van der Waals surface area contributed by atoms with Gasteiger partial charge in [-0.05, 0) is 74.0 Å². The Morgan fingerprint density at radius 1 is 0.479 bits per heavy atom. The fourth-order valence-electron chi connectivity index (χ4n) is 8.79. The molecule has 48 heavy (non-hydrogen) atoms. The van der Waals surface area contributed by atoms with Gasteiger partial charge in [0.2, 0.25) is 0 Å². The molecule has 0 N–H and O–H groups in total. The van der Waals surface area contributed by atoms with E-state index in [4.69, 9.17) is 9.97 Å². The normalized spacial score (nSPS) is 13.8. The molecule has 3 nitrogen and oxygen atoms in total. The molecular formula is C45H29N3. The van der Waals surface area contributed by atoms with E-state index in [1.54, 1.807) is 0 Å². The Hall–Kier alpha value is -6.06. The van der Waals surface area contributed by atoms with Crippen molar-refractivity contribution in [2.24, 2.45) is 0 Å². The van der Waals surface area contributed by atoms with Crippen LogP contribution in [0.2, 0.25) is 0 Å². The van der Waals surface area contributed by atoms with Crippen LogP contribution in [0.15, 0.2) is 140 Å². The second-order valence-corrected chi connectivity index (χ2v) is 13.7. The third-order valence-corrected chi connectivity index (χ3v) is 10.9. The fraction of sp³-hybridized carbons (Fsp3) is 0.0667. The van der Waals surface area contributed by atoms with E-state index in [1.165, 1.54) is 71.6 Å². The topological polar surface area (TPSA) is 30.7 Å². The van der Waals surface area contributed by atoms with Crippen LogP contribution in [0.4, 0.5) is 0 Å². The highest BCUT2D eigenvalue weighted by molar-refractivity contribution is 6.32. The molecule has 0 saturated heterocycles. The van der Waals surface area contributed by atoms with Gasteiger partial charge in [0.15, 0.2) is 5.82 Å². The van der Waals surface area contributed by atoms with Crippen molar-refractivity contribution in [3.8, 4) is 50.5 Å². The van der Waals surface area contributed by atoms with E-state index in [0.29, 0.717) is 0 Å². The summed E-state index contributed by atoms with van der Waals surface area (Å²) >= 11 is 0. The number of aromatic nitrogens is 3. The Labute approximate surface area is 277 Å². The molecule has 2 aliphatic carbocycles. The molecule has 2 aromatic heterocycles.